The van der Waals surface area contributed by atoms with E-state index in [9.17, 15) is 22.4 Å². The van der Waals surface area contributed by atoms with Crippen LogP contribution in [0.2, 0.25) is 0 Å². The number of para-hydroxylation sites is 1. The summed E-state index contributed by atoms with van der Waals surface area (Å²) >= 11 is 0. The van der Waals surface area contributed by atoms with E-state index in [4.69, 9.17) is 0 Å². The molecule has 9 heteroatoms. The fourth-order valence-electron chi connectivity index (χ4n) is 3.77. The van der Waals surface area contributed by atoms with E-state index in [1.54, 1.807) is 12.1 Å². The molecule has 2 amide bonds. The molecule has 3 aromatic carbocycles. The van der Waals surface area contributed by atoms with Crippen molar-refractivity contribution in [1.29, 1.82) is 0 Å². The van der Waals surface area contributed by atoms with Crippen LogP contribution in [0.3, 0.4) is 0 Å². The van der Waals surface area contributed by atoms with E-state index < -0.39 is 21.7 Å². The van der Waals surface area contributed by atoms with Crippen molar-refractivity contribution in [3.63, 3.8) is 0 Å². The summed E-state index contributed by atoms with van der Waals surface area (Å²) in [6.07, 6.45) is 1.49. The standard InChI is InChI=1S/C24H22FN3O4S/c1-16(29)26-19-11-12-21(25)22(15-19)27-24(30)18-7-4-9-20(14-18)33(31,32)28-13-5-8-17-6-2-3-10-23(17)28/h2-4,6-7,9-12,14-15H,5,8,13H2,1H3,(H,26,29)(H,27,30). The van der Waals surface area contributed by atoms with Gasteiger partial charge in [0.25, 0.3) is 15.9 Å². The second kappa shape index (κ2) is 9.03. The molecule has 0 fully saturated rings. The number of nitrogens with one attached hydrogen (secondary N) is 2. The van der Waals surface area contributed by atoms with Crippen molar-refractivity contribution < 1.29 is 22.4 Å². The first-order valence-electron chi connectivity index (χ1n) is 10.3. The van der Waals surface area contributed by atoms with Crippen molar-refractivity contribution in [3.05, 3.63) is 83.7 Å². The topological polar surface area (TPSA) is 95.6 Å². The number of hydrogen-bond acceptors (Lipinski definition) is 4. The SMILES string of the molecule is CC(=O)Nc1ccc(F)c(NC(=O)c2cccc(S(=O)(=O)N3CCCc4ccccc43)c2)c1. The molecule has 0 aliphatic carbocycles. The van der Waals surface area contributed by atoms with Crippen molar-refractivity contribution in [3.8, 4) is 0 Å². The molecule has 0 bridgehead atoms. The minimum atomic E-state index is -3.90. The summed E-state index contributed by atoms with van der Waals surface area (Å²) in [7, 11) is -3.90. The Bertz CT molecular complexity index is 1340. The van der Waals surface area contributed by atoms with Gasteiger partial charge in [-0.25, -0.2) is 12.8 Å². The Hall–Kier alpha value is -3.72. The maximum Gasteiger partial charge on any atom is 0.264 e. The highest BCUT2D eigenvalue weighted by molar-refractivity contribution is 7.92. The summed E-state index contributed by atoms with van der Waals surface area (Å²) in [5, 5.41) is 4.96. The third-order valence-electron chi connectivity index (χ3n) is 5.29. The van der Waals surface area contributed by atoms with E-state index >= 15 is 0 Å². The number of aryl methyl sites for hydroxylation is 1. The van der Waals surface area contributed by atoms with Gasteiger partial charge in [-0.1, -0.05) is 24.3 Å². The van der Waals surface area contributed by atoms with Gasteiger partial charge in [0.1, 0.15) is 5.82 Å². The van der Waals surface area contributed by atoms with Crippen LogP contribution in [0.25, 0.3) is 0 Å². The lowest BCUT2D eigenvalue weighted by molar-refractivity contribution is -0.114. The lowest BCUT2D eigenvalue weighted by atomic mass is 10.0. The number of carbonyl (C=O) groups is 2. The van der Waals surface area contributed by atoms with E-state index in [2.05, 4.69) is 10.6 Å². The Morgan fingerprint density at radius 1 is 0.970 bits per heavy atom. The number of halogens is 1. The van der Waals surface area contributed by atoms with Crippen LogP contribution in [0.15, 0.2) is 71.6 Å². The lowest BCUT2D eigenvalue weighted by Gasteiger charge is -2.30. The first-order valence-corrected chi connectivity index (χ1v) is 11.8. The highest BCUT2D eigenvalue weighted by Gasteiger charge is 2.29. The predicted octanol–water partition coefficient (Wildman–Crippen LogP) is 4.18. The predicted molar refractivity (Wildman–Crippen MR) is 124 cm³/mol. The molecule has 0 spiro atoms. The average Bonchev–Trinajstić information content (AvgIpc) is 2.80. The van der Waals surface area contributed by atoms with Crippen molar-refractivity contribution in [1.82, 2.24) is 0 Å². The van der Waals surface area contributed by atoms with Crippen LogP contribution in [0, 0.1) is 5.82 Å². The van der Waals surface area contributed by atoms with E-state index in [1.165, 1.54) is 47.6 Å². The molecule has 1 aliphatic heterocycles. The molecule has 0 aromatic heterocycles. The molecule has 0 saturated carbocycles. The molecule has 0 saturated heterocycles. The van der Waals surface area contributed by atoms with Crippen molar-refractivity contribution in [2.24, 2.45) is 0 Å². The first-order chi connectivity index (χ1) is 15.8. The summed E-state index contributed by atoms with van der Waals surface area (Å²) in [5.74, 6) is -1.70. The molecular formula is C24H22FN3O4S. The fraction of sp³-hybridized carbons (Fsp3) is 0.167. The van der Waals surface area contributed by atoms with E-state index in [0.717, 1.165) is 18.1 Å². The molecular weight excluding hydrogens is 445 g/mol. The normalized spacial score (nSPS) is 13.2. The van der Waals surface area contributed by atoms with Crippen molar-refractivity contribution in [2.75, 3.05) is 21.5 Å². The van der Waals surface area contributed by atoms with Crippen molar-refractivity contribution >= 4 is 38.9 Å². The van der Waals surface area contributed by atoms with Crippen LogP contribution in [0.1, 0.15) is 29.3 Å². The van der Waals surface area contributed by atoms with E-state index in [1.807, 2.05) is 12.1 Å². The number of anilines is 3. The van der Waals surface area contributed by atoms with Crippen LogP contribution in [-0.4, -0.2) is 26.8 Å². The summed E-state index contributed by atoms with van der Waals surface area (Å²) in [6, 6.07) is 16.8. The third kappa shape index (κ3) is 4.73. The maximum absolute atomic E-state index is 14.2. The van der Waals surface area contributed by atoms with Crippen LogP contribution >= 0.6 is 0 Å². The molecule has 33 heavy (non-hydrogen) atoms. The average molecular weight is 468 g/mol. The number of nitrogens with zero attached hydrogens (tertiary/aromatic N) is 1. The summed E-state index contributed by atoms with van der Waals surface area (Å²) < 4.78 is 42.3. The zero-order valence-corrected chi connectivity index (χ0v) is 18.7. The Morgan fingerprint density at radius 2 is 1.76 bits per heavy atom. The van der Waals surface area contributed by atoms with E-state index in [0.29, 0.717) is 24.3 Å². The molecule has 0 radical (unpaired) electrons. The van der Waals surface area contributed by atoms with Gasteiger partial charge in [-0.3, -0.25) is 13.9 Å². The molecule has 4 rings (SSSR count). The Morgan fingerprint density at radius 3 is 2.55 bits per heavy atom. The van der Waals surface area contributed by atoms with Gasteiger partial charge in [0.2, 0.25) is 5.91 Å². The summed E-state index contributed by atoms with van der Waals surface area (Å²) in [4.78, 5) is 24.0. The Labute approximate surface area is 191 Å². The largest absolute Gasteiger partial charge is 0.326 e. The number of amides is 2. The van der Waals surface area contributed by atoms with Crippen LogP contribution in [-0.2, 0) is 21.2 Å². The molecule has 3 aromatic rings. The molecule has 7 nitrogen and oxygen atoms in total. The zero-order valence-electron chi connectivity index (χ0n) is 17.8. The van der Waals surface area contributed by atoms with E-state index in [-0.39, 0.29) is 22.1 Å². The van der Waals surface area contributed by atoms with Crippen LogP contribution in [0.4, 0.5) is 21.5 Å². The minimum Gasteiger partial charge on any atom is -0.326 e. The van der Waals surface area contributed by atoms with Crippen LogP contribution < -0.4 is 14.9 Å². The van der Waals surface area contributed by atoms with Gasteiger partial charge in [-0.2, -0.15) is 0 Å². The van der Waals surface area contributed by atoms with Gasteiger partial charge in [-0.15, -0.1) is 0 Å². The highest BCUT2D eigenvalue weighted by atomic mass is 32.2. The monoisotopic (exact) mass is 467 g/mol. The third-order valence-corrected chi connectivity index (χ3v) is 7.10. The quantitative estimate of drug-likeness (QED) is 0.589. The molecule has 1 aliphatic rings. The zero-order chi connectivity index (χ0) is 23.6. The number of fused-ring (bicyclic) bond motifs is 1. The number of benzene rings is 3. The highest BCUT2D eigenvalue weighted by Crippen LogP contribution is 2.32. The van der Waals surface area contributed by atoms with Gasteiger partial charge >= 0.3 is 0 Å². The Balaban J connectivity index is 1.61. The van der Waals surface area contributed by atoms with Gasteiger partial charge in [-0.05, 0) is 60.9 Å². The molecule has 170 valence electrons. The smallest absolute Gasteiger partial charge is 0.264 e. The minimum absolute atomic E-state index is 0.0284. The number of carbonyl (C=O) groups excluding carboxylic acids is 2. The second-order valence-electron chi connectivity index (χ2n) is 7.67. The van der Waals surface area contributed by atoms with Crippen LogP contribution in [0.5, 0.6) is 0 Å². The summed E-state index contributed by atoms with van der Waals surface area (Å²) in [6.45, 7) is 1.66. The van der Waals surface area contributed by atoms with Gasteiger partial charge in [0.15, 0.2) is 0 Å². The first kappa shape index (κ1) is 22.5. The van der Waals surface area contributed by atoms with Gasteiger partial charge < -0.3 is 10.6 Å². The lowest BCUT2D eigenvalue weighted by Crippen LogP contribution is -2.35. The second-order valence-corrected chi connectivity index (χ2v) is 9.53. The maximum atomic E-state index is 14.2. The van der Waals surface area contributed by atoms with Crippen molar-refractivity contribution in [2.45, 2.75) is 24.7 Å². The molecule has 0 atom stereocenters. The number of sulfonamides is 1. The number of hydrogen-bond donors (Lipinski definition) is 2. The summed E-state index contributed by atoms with van der Waals surface area (Å²) in [5.41, 5.74) is 1.83. The Kier molecular flexibility index (Phi) is 6.15. The molecule has 2 N–H and O–H groups in total. The number of rotatable bonds is 5. The van der Waals surface area contributed by atoms with Gasteiger partial charge in [0.05, 0.1) is 16.3 Å². The molecule has 0 unspecified atom stereocenters. The van der Waals surface area contributed by atoms with Gasteiger partial charge in [0, 0.05) is 24.7 Å². The fourth-order valence-corrected chi connectivity index (χ4v) is 5.36. The molecule has 1 heterocycles.